The van der Waals surface area contributed by atoms with Crippen molar-refractivity contribution in [1.29, 1.82) is 0 Å². The van der Waals surface area contributed by atoms with Crippen LogP contribution >= 0.6 is 0 Å². The molecule has 0 saturated heterocycles. The number of nitrogens with two attached hydrogens (primary N) is 1. The van der Waals surface area contributed by atoms with Crippen LogP contribution in [-0.2, 0) is 0 Å². The second-order valence-corrected chi connectivity index (χ2v) is 3.79. The van der Waals surface area contributed by atoms with Crippen LogP contribution in [0.1, 0.15) is 22.9 Å². The summed E-state index contributed by atoms with van der Waals surface area (Å²) in [5, 5.41) is 0. The molecule has 0 saturated carbocycles. The fourth-order valence-corrected chi connectivity index (χ4v) is 1.79. The van der Waals surface area contributed by atoms with E-state index < -0.39 is 0 Å². The molecule has 0 aliphatic carbocycles. The van der Waals surface area contributed by atoms with Crippen LogP contribution in [0.5, 0.6) is 5.88 Å². The van der Waals surface area contributed by atoms with E-state index in [9.17, 15) is 0 Å². The first-order valence-corrected chi connectivity index (χ1v) is 5.40. The Morgan fingerprint density at radius 2 is 1.88 bits per heavy atom. The third-order valence-corrected chi connectivity index (χ3v) is 2.70. The van der Waals surface area contributed by atoms with Crippen LogP contribution in [0.25, 0.3) is 0 Å². The van der Waals surface area contributed by atoms with Crippen molar-refractivity contribution in [3.8, 4) is 5.88 Å². The number of aromatic nitrogens is 2. The molecule has 2 N–H and O–H groups in total. The number of ether oxygens (including phenoxy) is 1. The Hall–Kier alpha value is -1.94. The van der Waals surface area contributed by atoms with Gasteiger partial charge in [0.25, 0.3) is 0 Å². The second kappa shape index (κ2) is 4.93. The second-order valence-electron chi connectivity index (χ2n) is 3.79. The summed E-state index contributed by atoms with van der Waals surface area (Å²) in [6.45, 7) is 2.03. The molecule has 0 radical (unpaired) electrons. The first-order chi connectivity index (χ1) is 8.24. The van der Waals surface area contributed by atoms with Crippen molar-refractivity contribution in [2.24, 2.45) is 5.73 Å². The minimum Gasteiger partial charge on any atom is -0.480 e. The molecule has 88 valence electrons. The van der Waals surface area contributed by atoms with E-state index in [4.69, 9.17) is 10.5 Å². The van der Waals surface area contributed by atoms with Crippen LogP contribution in [0.3, 0.4) is 0 Å². The summed E-state index contributed by atoms with van der Waals surface area (Å²) in [6.07, 6.45) is 3.21. The molecule has 2 aromatic rings. The van der Waals surface area contributed by atoms with Gasteiger partial charge in [-0.1, -0.05) is 24.3 Å². The molecule has 1 aromatic heterocycles. The van der Waals surface area contributed by atoms with Gasteiger partial charge >= 0.3 is 0 Å². The molecular weight excluding hydrogens is 214 g/mol. The minimum absolute atomic E-state index is 0.320. The SMILES string of the molecule is COc1nccnc1C(N)c1ccccc1C. The molecule has 0 amide bonds. The molecule has 0 spiro atoms. The molecule has 0 bridgehead atoms. The highest BCUT2D eigenvalue weighted by atomic mass is 16.5. The predicted octanol–water partition coefficient (Wildman–Crippen LogP) is 1.84. The van der Waals surface area contributed by atoms with Gasteiger partial charge in [0.05, 0.1) is 13.2 Å². The van der Waals surface area contributed by atoms with Gasteiger partial charge in [0.1, 0.15) is 5.69 Å². The van der Waals surface area contributed by atoms with Crippen molar-refractivity contribution in [2.45, 2.75) is 13.0 Å². The average Bonchev–Trinajstić information content (AvgIpc) is 2.38. The molecule has 0 aliphatic heterocycles. The zero-order chi connectivity index (χ0) is 12.3. The number of methoxy groups -OCH3 is 1. The summed E-state index contributed by atoms with van der Waals surface area (Å²) in [5.74, 6) is 0.475. The van der Waals surface area contributed by atoms with Crippen LogP contribution in [0, 0.1) is 6.92 Å². The van der Waals surface area contributed by atoms with Crippen molar-refractivity contribution in [3.63, 3.8) is 0 Å². The standard InChI is InChI=1S/C13H15N3O/c1-9-5-3-4-6-10(9)11(14)12-13(17-2)16-8-7-15-12/h3-8,11H,14H2,1-2H3. The van der Waals surface area contributed by atoms with Crippen LogP contribution in [0.15, 0.2) is 36.7 Å². The summed E-state index contributed by atoms with van der Waals surface area (Å²) >= 11 is 0. The number of benzene rings is 1. The van der Waals surface area contributed by atoms with Crippen LogP contribution < -0.4 is 10.5 Å². The zero-order valence-corrected chi connectivity index (χ0v) is 9.92. The maximum atomic E-state index is 6.21. The van der Waals surface area contributed by atoms with Gasteiger partial charge in [0, 0.05) is 12.4 Å². The van der Waals surface area contributed by atoms with Gasteiger partial charge in [-0.2, -0.15) is 0 Å². The highest BCUT2D eigenvalue weighted by Gasteiger charge is 2.17. The Balaban J connectivity index is 2.44. The molecule has 1 atom stereocenters. The van der Waals surface area contributed by atoms with Crippen LogP contribution in [-0.4, -0.2) is 17.1 Å². The molecular formula is C13H15N3O. The fourth-order valence-electron chi connectivity index (χ4n) is 1.79. The lowest BCUT2D eigenvalue weighted by molar-refractivity contribution is 0.387. The lowest BCUT2D eigenvalue weighted by Crippen LogP contribution is -2.16. The Kier molecular flexibility index (Phi) is 3.35. The van der Waals surface area contributed by atoms with Gasteiger partial charge in [-0.15, -0.1) is 0 Å². The normalized spacial score (nSPS) is 12.2. The highest BCUT2D eigenvalue weighted by Crippen LogP contribution is 2.25. The van der Waals surface area contributed by atoms with E-state index in [0.717, 1.165) is 11.1 Å². The van der Waals surface area contributed by atoms with E-state index in [-0.39, 0.29) is 6.04 Å². The summed E-state index contributed by atoms with van der Waals surface area (Å²) in [6, 6.07) is 7.65. The van der Waals surface area contributed by atoms with Gasteiger partial charge in [-0.05, 0) is 18.1 Å². The van der Waals surface area contributed by atoms with Crippen molar-refractivity contribution in [1.82, 2.24) is 9.97 Å². The van der Waals surface area contributed by atoms with Gasteiger partial charge in [0.15, 0.2) is 0 Å². The summed E-state index contributed by atoms with van der Waals surface area (Å²) in [4.78, 5) is 8.36. The van der Waals surface area contributed by atoms with E-state index in [0.29, 0.717) is 11.6 Å². The summed E-state index contributed by atoms with van der Waals surface area (Å²) < 4.78 is 5.17. The summed E-state index contributed by atoms with van der Waals surface area (Å²) in [5.41, 5.74) is 9.03. The van der Waals surface area contributed by atoms with Crippen LogP contribution in [0.2, 0.25) is 0 Å². The van der Waals surface area contributed by atoms with Crippen molar-refractivity contribution >= 4 is 0 Å². The van der Waals surface area contributed by atoms with Crippen LogP contribution in [0.4, 0.5) is 0 Å². The Morgan fingerprint density at radius 1 is 1.18 bits per heavy atom. The zero-order valence-electron chi connectivity index (χ0n) is 9.92. The van der Waals surface area contributed by atoms with E-state index >= 15 is 0 Å². The first-order valence-electron chi connectivity index (χ1n) is 5.40. The maximum Gasteiger partial charge on any atom is 0.237 e. The topological polar surface area (TPSA) is 61.0 Å². The molecule has 2 rings (SSSR count). The predicted molar refractivity (Wildman–Crippen MR) is 65.8 cm³/mol. The van der Waals surface area contributed by atoms with E-state index in [1.165, 1.54) is 0 Å². The van der Waals surface area contributed by atoms with Crippen molar-refractivity contribution in [3.05, 3.63) is 53.5 Å². The van der Waals surface area contributed by atoms with Gasteiger partial charge < -0.3 is 10.5 Å². The third-order valence-electron chi connectivity index (χ3n) is 2.70. The summed E-state index contributed by atoms with van der Waals surface area (Å²) in [7, 11) is 1.57. The monoisotopic (exact) mass is 229 g/mol. The average molecular weight is 229 g/mol. The number of aryl methyl sites for hydroxylation is 1. The number of hydrogen-bond donors (Lipinski definition) is 1. The smallest absolute Gasteiger partial charge is 0.237 e. The molecule has 0 fully saturated rings. The van der Waals surface area contributed by atoms with E-state index in [2.05, 4.69) is 9.97 Å². The van der Waals surface area contributed by atoms with E-state index in [1.807, 2.05) is 31.2 Å². The van der Waals surface area contributed by atoms with E-state index in [1.54, 1.807) is 19.5 Å². The molecule has 1 unspecified atom stereocenters. The number of nitrogens with zero attached hydrogens (tertiary/aromatic N) is 2. The molecule has 0 aliphatic rings. The fraction of sp³-hybridized carbons (Fsp3) is 0.231. The molecule has 4 heteroatoms. The highest BCUT2D eigenvalue weighted by molar-refractivity contribution is 5.36. The Morgan fingerprint density at radius 3 is 2.59 bits per heavy atom. The first kappa shape index (κ1) is 11.5. The lowest BCUT2D eigenvalue weighted by atomic mass is 9.99. The minimum atomic E-state index is -0.320. The molecule has 4 nitrogen and oxygen atoms in total. The maximum absolute atomic E-state index is 6.21. The van der Waals surface area contributed by atoms with Gasteiger partial charge in [-0.25, -0.2) is 4.98 Å². The molecule has 1 aromatic carbocycles. The van der Waals surface area contributed by atoms with Crippen molar-refractivity contribution < 1.29 is 4.74 Å². The van der Waals surface area contributed by atoms with Gasteiger partial charge in [0.2, 0.25) is 5.88 Å². The molecule has 17 heavy (non-hydrogen) atoms. The Bertz CT molecular complexity index is 514. The lowest BCUT2D eigenvalue weighted by Gasteiger charge is -2.15. The third kappa shape index (κ3) is 2.26. The molecule has 1 heterocycles. The van der Waals surface area contributed by atoms with Gasteiger partial charge in [-0.3, -0.25) is 4.98 Å². The Labute approximate surface area is 100 Å². The number of rotatable bonds is 3. The largest absolute Gasteiger partial charge is 0.480 e. The number of hydrogen-bond acceptors (Lipinski definition) is 4. The van der Waals surface area contributed by atoms with Crippen molar-refractivity contribution in [2.75, 3.05) is 7.11 Å². The quantitative estimate of drug-likeness (QED) is 0.872.